The molecule has 1 aliphatic heterocycles. The Morgan fingerprint density at radius 2 is 1.82 bits per heavy atom. The van der Waals surface area contributed by atoms with Crippen molar-refractivity contribution < 1.29 is 18.7 Å². The third-order valence-corrected chi connectivity index (χ3v) is 7.12. The van der Waals surface area contributed by atoms with Crippen LogP contribution in [0.3, 0.4) is 0 Å². The van der Waals surface area contributed by atoms with Gasteiger partial charge in [-0.1, -0.05) is 49.4 Å². The van der Waals surface area contributed by atoms with Gasteiger partial charge in [0.1, 0.15) is 17.8 Å². The second-order valence-electron chi connectivity index (χ2n) is 9.46. The number of nitrogens with zero attached hydrogens (tertiary/aromatic N) is 3. The Balaban J connectivity index is 0.000000206. The lowest BCUT2D eigenvalue weighted by atomic mass is 9.98. The van der Waals surface area contributed by atoms with Crippen molar-refractivity contribution in [3.63, 3.8) is 0 Å². The van der Waals surface area contributed by atoms with Crippen LogP contribution in [0.4, 0.5) is 0 Å². The Morgan fingerprint density at radius 1 is 1.05 bits per heavy atom. The molecule has 2 aromatic carbocycles. The lowest BCUT2D eigenvalue weighted by Gasteiger charge is -2.22. The average Bonchev–Trinajstić information content (AvgIpc) is 3.59. The predicted molar refractivity (Wildman–Crippen MR) is 150 cm³/mol. The van der Waals surface area contributed by atoms with Gasteiger partial charge in [0.15, 0.2) is 0 Å². The summed E-state index contributed by atoms with van der Waals surface area (Å²) in [7, 11) is 3.11. The van der Waals surface area contributed by atoms with Gasteiger partial charge < -0.3 is 18.8 Å². The van der Waals surface area contributed by atoms with Crippen molar-refractivity contribution >= 4 is 17.1 Å². The number of ether oxygens (including phenoxy) is 2. The van der Waals surface area contributed by atoms with Gasteiger partial charge in [0.05, 0.1) is 25.3 Å². The number of carbonyl (C=O) groups is 1. The molecule has 0 amide bonds. The molecular formula is C31H37N3O4. The summed E-state index contributed by atoms with van der Waals surface area (Å²) in [6, 6.07) is 18.8. The SMILES string of the molecule is CCC1CCCN1CCCC(=O)OC.COc1ccc(-c2c(-c3ccccc3)oc3ncnc(C)c23)cc1. The van der Waals surface area contributed by atoms with Crippen molar-refractivity contribution in [1.29, 1.82) is 0 Å². The molecule has 1 fully saturated rings. The van der Waals surface area contributed by atoms with E-state index in [2.05, 4.69) is 26.5 Å². The second-order valence-corrected chi connectivity index (χ2v) is 9.46. The van der Waals surface area contributed by atoms with E-state index in [0.717, 1.165) is 58.3 Å². The van der Waals surface area contributed by atoms with Crippen LogP contribution < -0.4 is 4.74 Å². The van der Waals surface area contributed by atoms with Gasteiger partial charge in [-0.15, -0.1) is 0 Å². The molecule has 5 rings (SSSR count). The van der Waals surface area contributed by atoms with Crippen LogP contribution in [-0.2, 0) is 9.53 Å². The standard InChI is InChI=1S/C20H16N2O2.C11H21NO2/c1-13-17-18(14-8-10-16(23-2)11-9-14)19(15-6-4-3-5-7-15)24-20(17)22-12-21-13;1-3-10-6-4-8-12(10)9-5-7-11(13)14-2/h3-12H,1-2H3;10H,3-9H2,1-2H3. The minimum atomic E-state index is -0.0859. The molecule has 0 bridgehead atoms. The summed E-state index contributed by atoms with van der Waals surface area (Å²) in [6.45, 7) is 6.47. The van der Waals surface area contributed by atoms with Crippen LogP contribution in [0, 0.1) is 6.92 Å². The molecule has 1 saturated heterocycles. The fourth-order valence-electron chi connectivity index (χ4n) is 5.08. The number of carbonyl (C=O) groups excluding carboxylic acids is 1. The summed E-state index contributed by atoms with van der Waals surface area (Å²) in [5.74, 6) is 1.54. The van der Waals surface area contributed by atoms with Gasteiger partial charge in [0.2, 0.25) is 5.71 Å². The number of esters is 1. The Kier molecular flexibility index (Phi) is 9.49. The maximum atomic E-state index is 10.9. The Bertz CT molecular complexity index is 1320. The molecule has 3 heterocycles. The molecule has 7 nitrogen and oxygen atoms in total. The van der Waals surface area contributed by atoms with E-state index >= 15 is 0 Å². The van der Waals surface area contributed by atoms with Crippen molar-refractivity contribution in [2.24, 2.45) is 0 Å². The van der Waals surface area contributed by atoms with Gasteiger partial charge in [-0.2, -0.15) is 0 Å². The highest BCUT2D eigenvalue weighted by atomic mass is 16.5. The second kappa shape index (κ2) is 13.2. The lowest BCUT2D eigenvalue weighted by Crippen LogP contribution is -2.30. The molecule has 7 heteroatoms. The Hall–Kier alpha value is -3.71. The topological polar surface area (TPSA) is 77.7 Å². The predicted octanol–water partition coefficient (Wildman–Crippen LogP) is 6.69. The first-order valence-corrected chi connectivity index (χ1v) is 13.3. The molecule has 1 atom stereocenters. The first kappa shape index (κ1) is 27.3. The first-order valence-electron chi connectivity index (χ1n) is 13.3. The van der Waals surface area contributed by atoms with Crippen molar-refractivity contribution in [2.45, 2.75) is 52.0 Å². The quantitative estimate of drug-likeness (QED) is 0.242. The van der Waals surface area contributed by atoms with E-state index in [1.165, 1.54) is 39.2 Å². The summed E-state index contributed by atoms with van der Waals surface area (Å²) in [6.07, 6.45) is 6.91. The molecule has 4 aromatic rings. The molecule has 0 N–H and O–H groups in total. The molecule has 1 unspecified atom stereocenters. The number of rotatable bonds is 8. The third-order valence-electron chi connectivity index (χ3n) is 7.12. The van der Waals surface area contributed by atoms with E-state index in [0.29, 0.717) is 12.1 Å². The van der Waals surface area contributed by atoms with Crippen molar-refractivity contribution in [2.75, 3.05) is 27.3 Å². The molecule has 0 spiro atoms. The van der Waals surface area contributed by atoms with Crippen molar-refractivity contribution in [1.82, 2.24) is 14.9 Å². The fraction of sp³-hybridized carbons (Fsp3) is 0.387. The molecule has 0 saturated carbocycles. The number of methoxy groups -OCH3 is 2. The number of fused-ring (bicyclic) bond motifs is 1. The number of benzene rings is 2. The maximum Gasteiger partial charge on any atom is 0.305 e. The van der Waals surface area contributed by atoms with Crippen LogP contribution in [0.1, 0.15) is 44.7 Å². The molecule has 1 aliphatic rings. The highest BCUT2D eigenvalue weighted by Gasteiger charge is 2.22. The monoisotopic (exact) mass is 515 g/mol. The fourth-order valence-corrected chi connectivity index (χ4v) is 5.08. The average molecular weight is 516 g/mol. The summed E-state index contributed by atoms with van der Waals surface area (Å²) in [5, 5.41) is 0.946. The van der Waals surface area contributed by atoms with Crippen LogP contribution in [0.15, 0.2) is 65.3 Å². The van der Waals surface area contributed by atoms with E-state index < -0.39 is 0 Å². The van der Waals surface area contributed by atoms with Gasteiger partial charge in [0, 0.05) is 23.6 Å². The van der Waals surface area contributed by atoms with Crippen LogP contribution in [0.25, 0.3) is 33.6 Å². The van der Waals surface area contributed by atoms with Gasteiger partial charge in [-0.3, -0.25) is 4.79 Å². The zero-order chi connectivity index (χ0) is 26.9. The molecule has 0 radical (unpaired) electrons. The van der Waals surface area contributed by atoms with E-state index in [1.807, 2.05) is 61.5 Å². The maximum absolute atomic E-state index is 10.9. The van der Waals surface area contributed by atoms with Gasteiger partial charge in [-0.05, 0) is 63.4 Å². The van der Waals surface area contributed by atoms with E-state index in [1.54, 1.807) is 7.11 Å². The minimum Gasteiger partial charge on any atom is -0.497 e. The van der Waals surface area contributed by atoms with E-state index in [4.69, 9.17) is 9.15 Å². The zero-order valence-electron chi connectivity index (χ0n) is 22.8. The van der Waals surface area contributed by atoms with E-state index in [-0.39, 0.29) is 5.97 Å². The van der Waals surface area contributed by atoms with Crippen molar-refractivity contribution in [3.8, 4) is 28.2 Å². The van der Waals surface area contributed by atoms with E-state index in [9.17, 15) is 4.79 Å². The molecule has 0 aliphatic carbocycles. The smallest absolute Gasteiger partial charge is 0.305 e. The van der Waals surface area contributed by atoms with Gasteiger partial charge >= 0.3 is 5.97 Å². The van der Waals surface area contributed by atoms with Crippen LogP contribution in [-0.4, -0.2) is 54.2 Å². The molecule has 200 valence electrons. The molecule has 38 heavy (non-hydrogen) atoms. The normalized spacial score (nSPS) is 15.2. The third kappa shape index (κ3) is 6.40. The molecule has 2 aromatic heterocycles. The minimum absolute atomic E-state index is 0.0859. The largest absolute Gasteiger partial charge is 0.497 e. The van der Waals surface area contributed by atoms with Crippen LogP contribution >= 0.6 is 0 Å². The number of aryl methyl sites for hydroxylation is 1. The molecular weight excluding hydrogens is 478 g/mol. The van der Waals surface area contributed by atoms with Gasteiger partial charge in [-0.25, -0.2) is 9.97 Å². The number of furan rings is 1. The number of aromatic nitrogens is 2. The highest BCUT2D eigenvalue weighted by molar-refractivity contribution is 6.01. The zero-order valence-corrected chi connectivity index (χ0v) is 22.8. The number of hydrogen-bond donors (Lipinski definition) is 0. The van der Waals surface area contributed by atoms with Gasteiger partial charge in [0.25, 0.3) is 0 Å². The Labute approximate surface area is 224 Å². The number of hydrogen-bond acceptors (Lipinski definition) is 7. The summed E-state index contributed by atoms with van der Waals surface area (Å²) in [4.78, 5) is 22.0. The first-order chi connectivity index (χ1) is 18.5. The summed E-state index contributed by atoms with van der Waals surface area (Å²) >= 11 is 0. The summed E-state index contributed by atoms with van der Waals surface area (Å²) in [5.41, 5.74) is 4.58. The number of likely N-dealkylation sites (tertiary alicyclic amines) is 1. The Morgan fingerprint density at radius 3 is 2.50 bits per heavy atom. The van der Waals surface area contributed by atoms with Crippen LogP contribution in [0.2, 0.25) is 0 Å². The van der Waals surface area contributed by atoms with Crippen molar-refractivity contribution in [3.05, 3.63) is 66.6 Å². The highest BCUT2D eigenvalue weighted by Crippen LogP contribution is 2.41. The summed E-state index contributed by atoms with van der Waals surface area (Å²) < 4.78 is 16.0. The van der Waals surface area contributed by atoms with Crippen LogP contribution in [0.5, 0.6) is 5.75 Å². The lowest BCUT2D eigenvalue weighted by molar-refractivity contribution is -0.140.